The maximum atomic E-state index is 11.0. The second-order valence-electron chi connectivity index (χ2n) is 2.91. The second kappa shape index (κ2) is 3.41. The summed E-state index contributed by atoms with van der Waals surface area (Å²) in [6, 6.07) is 0. The van der Waals surface area contributed by atoms with Crippen molar-refractivity contribution in [2.75, 3.05) is 0 Å². The largest absolute Gasteiger partial charge is 0.550 e. The molecule has 7 heteroatoms. The average molecular weight is 217 g/mol. The lowest BCUT2D eigenvalue weighted by molar-refractivity contribution is -0.304. The predicted molar refractivity (Wildman–Crippen MR) is 47.5 cm³/mol. The van der Waals surface area contributed by atoms with E-state index in [1.54, 1.807) is 0 Å². The molecule has 0 aromatic rings. The van der Waals surface area contributed by atoms with E-state index in [0.717, 1.165) is 0 Å². The highest BCUT2D eigenvalue weighted by atomic mass is 32.2. The van der Waals surface area contributed by atoms with Gasteiger partial charge < -0.3 is 9.90 Å². The van der Waals surface area contributed by atoms with Crippen LogP contribution in [0.2, 0.25) is 0 Å². The van der Waals surface area contributed by atoms with Crippen LogP contribution in [0, 0.1) is 0 Å². The van der Waals surface area contributed by atoms with Gasteiger partial charge >= 0.3 is 10.2 Å². The number of aliphatic carboxylic acids is 1. The van der Waals surface area contributed by atoms with Gasteiger partial charge in [0, 0.05) is 18.1 Å². The number of allylic oxidation sites excluding steroid dienone is 1. The van der Waals surface area contributed by atoms with Gasteiger partial charge in [0.25, 0.3) is 0 Å². The third-order valence-electron chi connectivity index (χ3n) is 1.75. The fourth-order valence-corrected chi connectivity index (χ4v) is 2.22. The smallest absolute Gasteiger partial charge is 0.342 e. The summed E-state index contributed by atoms with van der Waals surface area (Å²) >= 11 is 0. The standard InChI is InChI=1S/C7H10N2O4S/c1-4-6(3-7(10)11)5(2)9-14(12,13)8-4/h8H,3H2,1-2H3,(H,10,11)/p-1. The minimum absolute atomic E-state index is 0.186. The fraction of sp³-hybridized carbons (Fsp3) is 0.429. The van der Waals surface area contributed by atoms with E-state index in [4.69, 9.17) is 0 Å². The first-order chi connectivity index (χ1) is 6.32. The molecule has 1 aliphatic rings. The molecule has 6 nitrogen and oxygen atoms in total. The lowest BCUT2D eigenvalue weighted by Gasteiger charge is -2.18. The van der Waals surface area contributed by atoms with E-state index in [1.165, 1.54) is 13.8 Å². The number of rotatable bonds is 2. The van der Waals surface area contributed by atoms with Gasteiger partial charge in [-0.05, 0) is 19.4 Å². The van der Waals surface area contributed by atoms with Crippen molar-refractivity contribution < 1.29 is 18.3 Å². The molecule has 0 radical (unpaired) electrons. The molecule has 0 spiro atoms. The Morgan fingerprint density at radius 2 is 2.07 bits per heavy atom. The molecule has 14 heavy (non-hydrogen) atoms. The van der Waals surface area contributed by atoms with Gasteiger partial charge in [0.2, 0.25) is 0 Å². The monoisotopic (exact) mass is 217 g/mol. The van der Waals surface area contributed by atoms with Crippen molar-refractivity contribution in [3.05, 3.63) is 11.3 Å². The Hall–Kier alpha value is -1.37. The summed E-state index contributed by atoms with van der Waals surface area (Å²) in [6.45, 7) is 2.92. The first-order valence-corrected chi connectivity index (χ1v) is 5.25. The molecule has 0 aromatic heterocycles. The fourth-order valence-electron chi connectivity index (χ4n) is 1.19. The number of carbonyl (C=O) groups is 1. The molecule has 78 valence electrons. The Balaban J connectivity index is 3.09. The van der Waals surface area contributed by atoms with Gasteiger partial charge in [-0.2, -0.15) is 8.42 Å². The highest BCUT2D eigenvalue weighted by molar-refractivity contribution is 7.88. The van der Waals surface area contributed by atoms with Crippen LogP contribution in [-0.4, -0.2) is 20.1 Å². The molecule has 0 fully saturated rings. The first-order valence-electron chi connectivity index (χ1n) is 3.81. The number of nitrogens with one attached hydrogen (secondary N) is 1. The first kappa shape index (κ1) is 10.7. The molecule has 0 aromatic carbocycles. The van der Waals surface area contributed by atoms with Crippen molar-refractivity contribution in [3.63, 3.8) is 0 Å². The summed E-state index contributed by atoms with van der Waals surface area (Å²) in [5.41, 5.74) is 0.812. The number of carbonyl (C=O) groups excluding carboxylic acids is 1. The van der Waals surface area contributed by atoms with Crippen molar-refractivity contribution in [2.45, 2.75) is 20.3 Å². The van der Waals surface area contributed by atoms with Crippen LogP contribution >= 0.6 is 0 Å². The molecule has 0 aliphatic carbocycles. The molecule has 1 aliphatic heterocycles. The van der Waals surface area contributed by atoms with E-state index >= 15 is 0 Å². The van der Waals surface area contributed by atoms with Crippen LogP contribution in [-0.2, 0) is 15.0 Å². The molecule has 0 saturated carbocycles. The van der Waals surface area contributed by atoms with E-state index < -0.39 is 16.2 Å². The maximum Gasteiger partial charge on any atom is 0.342 e. The molecule has 0 amide bonds. The maximum absolute atomic E-state index is 11.0. The Morgan fingerprint density at radius 1 is 1.50 bits per heavy atom. The summed E-state index contributed by atoms with van der Waals surface area (Å²) in [7, 11) is -3.68. The second-order valence-corrected chi connectivity index (χ2v) is 4.24. The Labute approximate surface area is 81.5 Å². The number of carboxylic acid groups (broad SMARTS) is 1. The zero-order valence-electron chi connectivity index (χ0n) is 7.70. The molecule has 1 N–H and O–H groups in total. The lowest BCUT2D eigenvalue weighted by atomic mass is 10.1. The number of carboxylic acids is 1. The van der Waals surface area contributed by atoms with Gasteiger partial charge in [0.1, 0.15) is 0 Å². The zero-order chi connectivity index (χ0) is 10.9. The Kier molecular flexibility index (Phi) is 2.61. The molecular weight excluding hydrogens is 208 g/mol. The van der Waals surface area contributed by atoms with Crippen molar-refractivity contribution >= 4 is 21.9 Å². The molecule has 1 heterocycles. The van der Waals surface area contributed by atoms with Gasteiger partial charge in [0.05, 0.1) is 5.71 Å². The predicted octanol–water partition coefficient (Wildman–Crippen LogP) is -1.29. The normalized spacial score (nSPS) is 20.0. The van der Waals surface area contributed by atoms with Crippen molar-refractivity contribution in [1.29, 1.82) is 0 Å². The molecular formula is C7H9N2O4S-. The van der Waals surface area contributed by atoms with E-state index in [0.29, 0.717) is 5.57 Å². The van der Waals surface area contributed by atoms with Crippen LogP contribution < -0.4 is 9.83 Å². The topological polar surface area (TPSA) is 98.7 Å². The zero-order valence-corrected chi connectivity index (χ0v) is 8.51. The molecule has 0 unspecified atom stereocenters. The van der Waals surface area contributed by atoms with E-state index in [1.807, 2.05) is 0 Å². The SMILES string of the molecule is CC1=NS(=O)(=O)NC(C)=C1CC(=O)[O-]. The van der Waals surface area contributed by atoms with Crippen LogP contribution in [0.25, 0.3) is 0 Å². The molecule has 1 rings (SSSR count). The summed E-state index contributed by atoms with van der Waals surface area (Å²) in [6.07, 6.45) is -0.344. The molecule has 0 atom stereocenters. The van der Waals surface area contributed by atoms with Crippen molar-refractivity contribution in [1.82, 2.24) is 4.72 Å². The third-order valence-corrected chi connectivity index (χ3v) is 2.83. The minimum atomic E-state index is -3.68. The minimum Gasteiger partial charge on any atom is -0.550 e. The number of nitrogens with zero attached hydrogens (tertiary/aromatic N) is 1. The summed E-state index contributed by atoms with van der Waals surface area (Å²) in [4.78, 5) is 10.3. The highest BCUT2D eigenvalue weighted by Crippen LogP contribution is 2.15. The van der Waals surface area contributed by atoms with Gasteiger partial charge in [0.15, 0.2) is 0 Å². The van der Waals surface area contributed by atoms with Crippen LogP contribution in [0.1, 0.15) is 20.3 Å². The quantitative estimate of drug-likeness (QED) is 0.622. The van der Waals surface area contributed by atoms with Crippen LogP contribution in [0.15, 0.2) is 15.7 Å². The summed E-state index contributed by atoms with van der Waals surface area (Å²) in [5, 5.41) is 10.3. The van der Waals surface area contributed by atoms with Crippen molar-refractivity contribution in [3.8, 4) is 0 Å². The van der Waals surface area contributed by atoms with Crippen LogP contribution in [0.4, 0.5) is 0 Å². The summed E-state index contributed by atoms with van der Waals surface area (Å²) in [5.74, 6) is -1.27. The Bertz CT molecular complexity index is 433. The van der Waals surface area contributed by atoms with E-state index in [-0.39, 0.29) is 17.8 Å². The van der Waals surface area contributed by atoms with Gasteiger partial charge in [-0.25, -0.2) is 0 Å². The molecule has 0 bridgehead atoms. The van der Waals surface area contributed by atoms with Gasteiger partial charge in [-0.3, -0.25) is 4.72 Å². The third kappa shape index (κ3) is 2.32. The van der Waals surface area contributed by atoms with Crippen LogP contribution in [0.3, 0.4) is 0 Å². The van der Waals surface area contributed by atoms with Crippen molar-refractivity contribution in [2.24, 2.45) is 4.40 Å². The summed E-state index contributed by atoms with van der Waals surface area (Å²) < 4.78 is 27.5. The molecule has 0 saturated heterocycles. The van der Waals surface area contributed by atoms with Gasteiger partial charge in [-0.15, -0.1) is 4.40 Å². The van der Waals surface area contributed by atoms with E-state index in [9.17, 15) is 18.3 Å². The number of hydrogen-bond donors (Lipinski definition) is 1. The number of hydrogen-bond acceptors (Lipinski definition) is 4. The van der Waals surface area contributed by atoms with Crippen LogP contribution in [0.5, 0.6) is 0 Å². The van der Waals surface area contributed by atoms with Gasteiger partial charge in [-0.1, -0.05) is 0 Å². The lowest BCUT2D eigenvalue weighted by Crippen LogP contribution is -2.31. The highest BCUT2D eigenvalue weighted by Gasteiger charge is 2.19. The Morgan fingerprint density at radius 3 is 2.50 bits per heavy atom. The van der Waals surface area contributed by atoms with E-state index in [2.05, 4.69) is 9.12 Å². The average Bonchev–Trinajstić information content (AvgIpc) is 1.94.